The normalized spacial score (nSPS) is 32.1. The Morgan fingerprint density at radius 3 is 1.44 bits per heavy atom. The lowest BCUT2D eigenvalue weighted by atomic mass is 10.0. The van der Waals surface area contributed by atoms with Gasteiger partial charge in [-0.2, -0.15) is 0 Å². The van der Waals surface area contributed by atoms with Crippen LogP contribution in [-0.2, 0) is 24.4 Å². The van der Waals surface area contributed by atoms with Crippen LogP contribution in [-0.4, -0.2) is 51.0 Å². The molecule has 2 aliphatic rings. The zero-order valence-corrected chi connectivity index (χ0v) is 18.7. The Hall–Kier alpha value is -0.140. The molecule has 2 fully saturated rings. The molecule has 27 heavy (non-hydrogen) atoms. The molecule has 2 aliphatic heterocycles. The van der Waals surface area contributed by atoms with Gasteiger partial charge in [0, 0.05) is 0 Å². The van der Waals surface area contributed by atoms with Crippen molar-refractivity contribution in [3.8, 4) is 0 Å². The highest BCUT2D eigenvalue weighted by Gasteiger charge is 2.46. The van der Waals surface area contributed by atoms with E-state index in [9.17, 15) is 16.8 Å². The van der Waals surface area contributed by atoms with E-state index < -0.39 is 30.2 Å². The Balaban J connectivity index is 1.97. The molecule has 0 aliphatic carbocycles. The summed E-state index contributed by atoms with van der Waals surface area (Å²) in [5, 5.41) is -0.892. The van der Waals surface area contributed by atoms with Crippen molar-refractivity contribution in [2.45, 2.75) is 114 Å². The van der Waals surface area contributed by atoms with Gasteiger partial charge in [0.05, 0.1) is 34.2 Å². The van der Waals surface area contributed by atoms with Crippen LogP contribution in [0.4, 0.5) is 0 Å². The maximum absolute atomic E-state index is 12.5. The van der Waals surface area contributed by atoms with Crippen molar-refractivity contribution in [3.05, 3.63) is 0 Å². The Kier molecular flexibility index (Phi) is 9.07. The molecule has 0 radical (unpaired) electrons. The van der Waals surface area contributed by atoms with Gasteiger partial charge in [-0.15, -0.1) is 0 Å². The van der Waals surface area contributed by atoms with E-state index in [1.807, 2.05) is 0 Å². The standard InChI is InChI=1S/C20H38O5S2/c1-3-5-7-9-11-19-17(13-15-26(19,21)22)25-18-14-16-27(23,24)20(18)12-10-8-6-4-2/h17-20H,3-16H2,1-2H3. The van der Waals surface area contributed by atoms with Gasteiger partial charge in [0.2, 0.25) is 0 Å². The van der Waals surface area contributed by atoms with Crippen molar-refractivity contribution in [2.75, 3.05) is 11.5 Å². The minimum Gasteiger partial charge on any atom is -0.372 e. The quantitative estimate of drug-likeness (QED) is 0.443. The summed E-state index contributed by atoms with van der Waals surface area (Å²) in [5.74, 6) is 0.355. The van der Waals surface area contributed by atoms with E-state index in [2.05, 4.69) is 13.8 Å². The molecule has 0 bridgehead atoms. The second-order valence-corrected chi connectivity index (χ2v) is 13.0. The Morgan fingerprint density at radius 2 is 1.07 bits per heavy atom. The molecule has 0 spiro atoms. The highest BCUT2D eigenvalue weighted by Crippen LogP contribution is 2.34. The topological polar surface area (TPSA) is 77.5 Å². The van der Waals surface area contributed by atoms with E-state index in [0.29, 0.717) is 25.7 Å². The summed E-state index contributed by atoms with van der Waals surface area (Å²) in [6.07, 6.45) is 10.1. The molecule has 0 N–H and O–H groups in total. The van der Waals surface area contributed by atoms with Gasteiger partial charge in [0.25, 0.3) is 0 Å². The van der Waals surface area contributed by atoms with E-state index in [4.69, 9.17) is 4.74 Å². The lowest BCUT2D eigenvalue weighted by molar-refractivity contribution is -0.0122. The molecular formula is C20H38O5S2. The summed E-state index contributed by atoms with van der Waals surface area (Å²) in [5.41, 5.74) is 0. The Labute approximate surface area is 166 Å². The van der Waals surface area contributed by atoms with Gasteiger partial charge in [-0.3, -0.25) is 0 Å². The predicted molar refractivity (Wildman–Crippen MR) is 111 cm³/mol. The minimum atomic E-state index is -3.11. The third-order valence-electron chi connectivity index (χ3n) is 6.16. The van der Waals surface area contributed by atoms with Crippen LogP contribution in [0, 0.1) is 0 Å². The molecule has 0 amide bonds. The van der Waals surface area contributed by atoms with Crippen molar-refractivity contribution in [3.63, 3.8) is 0 Å². The highest BCUT2D eigenvalue weighted by molar-refractivity contribution is 7.92. The zero-order valence-electron chi connectivity index (χ0n) is 17.1. The SMILES string of the molecule is CCCCCCC1C(OC2CCS(=O)(=O)C2CCCCCC)CCS1(=O)=O. The number of rotatable bonds is 12. The first-order valence-electron chi connectivity index (χ1n) is 10.9. The zero-order chi connectivity index (χ0) is 19.9. The number of hydrogen-bond donors (Lipinski definition) is 0. The molecule has 160 valence electrons. The molecule has 2 rings (SSSR count). The molecule has 4 atom stereocenters. The third-order valence-corrected chi connectivity index (χ3v) is 10.7. The monoisotopic (exact) mass is 422 g/mol. The predicted octanol–water partition coefficient (Wildman–Crippen LogP) is 4.06. The molecule has 2 heterocycles. The van der Waals surface area contributed by atoms with Gasteiger partial charge in [0.15, 0.2) is 19.7 Å². The number of sulfone groups is 2. The number of unbranched alkanes of at least 4 members (excludes halogenated alkanes) is 6. The largest absolute Gasteiger partial charge is 0.372 e. The van der Waals surface area contributed by atoms with Crippen LogP contribution < -0.4 is 0 Å². The highest BCUT2D eigenvalue weighted by atomic mass is 32.2. The summed E-state index contributed by atoms with van der Waals surface area (Å²) >= 11 is 0. The summed E-state index contributed by atoms with van der Waals surface area (Å²) < 4.78 is 56.1. The van der Waals surface area contributed by atoms with E-state index in [0.717, 1.165) is 51.4 Å². The van der Waals surface area contributed by atoms with Crippen LogP contribution in [0.3, 0.4) is 0 Å². The van der Waals surface area contributed by atoms with Crippen molar-refractivity contribution in [1.82, 2.24) is 0 Å². The van der Waals surface area contributed by atoms with Crippen LogP contribution in [0.15, 0.2) is 0 Å². The van der Waals surface area contributed by atoms with Crippen LogP contribution in [0.25, 0.3) is 0 Å². The summed E-state index contributed by atoms with van der Waals surface area (Å²) in [7, 11) is -6.22. The molecule has 7 heteroatoms. The average molecular weight is 423 g/mol. The second kappa shape index (κ2) is 10.6. The van der Waals surface area contributed by atoms with Crippen LogP contribution in [0.1, 0.15) is 90.9 Å². The number of hydrogen-bond acceptors (Lipinski definition) is 5. The molecule has 0 aromatic heterocycles. The fourth-order valence-electron chi connectivity index (χ4n) is 4.51. The number of ether oxygens (including phenoxy) is 1. The Bertz CT molecular complexity index is 585. The molecule has 0 aromatic carbocycles. The van der Waals surface area contributed by atoms with Gasteiger partial charge >= 0.3 is 0 Å². The molecule has 2 saturated heterocycles. The smallest absolute Gasteiger partial charge is 0.155 e. The van der Waals surface area contributed by atoms with Crippen molar-refractivity contribution in [1.29, 1.82) is 0 Å². The van der Waals surface area contributed by atoms with Crippen molar-refractivity contribution >= 4 is 19.7 Å². The van der Waals surface area contributed by atoms with Gasteiger partial charge in [-0.05, 0) is 25.7 Å². The lowest BCUT2D eigenvalue weighted by Gasteiger charge is -2.26. The summed E-state index contributed by atoms with van der Waals surface area (Å²) in [6.45, 7) is 4.28. The van der Waals surface area contributed by atoms with Crippen LogP contribution in [0.2, 0.25) is 0 Å². The van der Waals surface area contributed by atoms with Crippen molar-refractivity contribution < 1.29 is 21.6 Å². The van der Waals surface area contributed by atoms with Crippen LogP contribution in [0.5, 0.6) is 0 Å². The first kappa shape index (κ1) is 23.1. The van der Waals surface area contributed by atoms with E-state index in [1.54, 1.807) is 0 Å². The van der Waals surface area contributed by atoms with Gasteiger partial charge in [-0.25, -0.2) is 16.8 Å². The molecule has 4 unspecified atom stereocenters. The maximum atomic E-state index is 12.5. The molecular weight excluding hydrogens is 384 g/mol. The fraction of sp³-hybridized carbons (Fsp3) is 1.00. The second-order valence-electron chi connectivity index (χ2n) is 8.30. The third kappa shape index (κ3) is 6.43. The summed E-state index contributed by atoms with van der Waals surface area (Å²) in [4.78, 5) is 0. The average Bonchev–Trinajstić information content (AvgIpc) is 3.05. The van der Waals surface area contributed by atoms with E-state index in [-0.39, 0.29) is 23.7 Å². The van der Waals surface area contributed by atoms with Gasteiger partial charge in [-0.1, -0.05) is 65.2 Å². The van der Waals surface area contributed by atoms with E-state index in [1.165, 1.54) is 0 Å². The van der Waals surface area contributed by atoms with Crippen LogP contribution >= 0.6 is 0 Å². The first-order chi connectivity index (χ1) is 12.8. The molecule has 0 aromatic rings. The van der Waals surface area contributed by atoms with E-state index >= 15 is 0 Å². The first-order valence-corrected chi connectivity index (χ1v) is 14.3. The molecule has 0 saturated carbocycles. The van der Waals surface area contributed by atoms with Gasteiger partial charge in [0.1, 0.15) is 0 Å². The van der Waals surface area contributed by atoms with Crippen molar-refractivity contribution in [2.24, 2.45) is 0 Å². The summed E-state index contributed by atoms with van der Waals surface area (Å²) in [6, 6.07) is 0. The maximum Gasteiger partial charge on any atom is 0.155 e. The lowest BCUT2D eigenvalue weighted by Crippen LogP contribution is -2.36. The minimum absolute atomic E-state index is 0.177. The Morgan fingerprint density at radius 1 is 0.667 bits per heavy atom. The fourth-order valence-corrected chi connectivity index (χ4v) is 8.61. The van der Waals surface area contributed by atoms with Gasteiger partial charge < -0.3 is 4.74 Å². The molecule has 5 nitrogen and oxygen atoms in total.